The first-order valence-electron chi connectivity index (χ1n) is 14.8. The van der Waals surface area contributed by atoms with Crippen molar-refractivity contribution in [3.8, 4) is 0 Å². The van der Waals surface area contributed by atoms with Gasteiger partial charge in [0.15, 0.2) is 0 Å². The molecule has 0 radical (unpaired) electrons. The summed E-state index contributed by atoms with van der Waals surface area (Å²) in [6, 6.07) is 16.4. The van der Waals surface area contributed by atoms with Crippen LogP contribution in [0.2, 0.25) is 0 Å². The number of carbonyl (C=O) groups excluding carboxylic acids is 1. The molecule has 2 aromatic carbocycles. The molecule has 1 aliphatic rings. The molecule has 5 heteroatoms. The fraction of sp³-hybridized carbons (Fsp3) is 0.500. The molecule has 1 N–H and O–H groups in total. The number of ether oxygens (including phenoxy) is 1. The highest BCUT2D eigenvalue weighted by Gasteiger charge is 2.40. The lowest BCUT2D eigenvalue weighted by atomic mass is 9.67. The van der Waals surface area contributed by atoms with Gasteiger partial charge in [0.05, 0.1) is 13.2 Å². The highest BCUT2D eigenvalue weighted by Crippen LogP contribution is 2.40. The van der Waals surface area contributed by atoms with Gasteiger partial charge in [0.2, 0.25) is 5.71 Å². The Bertz CT molecular complexity index is 1120. The van der Waals surface area contributed by atoms with Crippen molar-refractivity contribution < 1.29 is 14.7 Å². The Balaban J connectivity index is 1.64. The SMILES string of the molecule is C=CCC1(Cc2ccccc2)CN=C(C(=NO)C(=O)OCCCCCCCCCCCC)c2cccc(C)c21. The summed E-state index contributed by atoms with van der Waals surface area (Å²) in [5, 5.41) is 13.3. The number of unbranched alkanes of at least 4 members (excludes halogenated alkanes) is 9. The number of nitrogens with zero attached hydrogens (tertiary/aromatic N) is 2. The Morgan fingerprint density at radius 2 is 1.67 bits per heavy atom. The standard InChI is InChI=1S/C34H46N2O3/c1-4-6-7-8-9-10-11-12-13-17-24-39-33(37)32(36-38)31-29-22-18-19-27(3)30(29)34(23-5-2,26-35-31)25-28-20-15-14-16-21-28/h5,14-16,18-22,38H,2,4,6-13,17,23-26H2,1,3H3. The number of hydrogen-bond acceptors (Lipinski definition) is 5. The first-order valence-corrected chi connectivity index (χ1v) is 14.8. The van der Waals surface area contributed by atoms with Crippen LogP contribution in [0, 0.1) is 6.92 Å². The van der Waals surface area contributed by atoms with E-state index >= 15 is 0 Å². The predicted octanol–water partition coefficient (Wildman–Crippen LogP) is 8.15. The van der Waals surface area contributed by atoms with Crippen molar-refractivity contribution in [2.24, 2.45) is 10.1 Å². The largest absolute Gasteiger partial charge is 0.461 e. The number of esters is 1. The summed E-state index contributed by atoms with van der Waals surface area (Å²) >= 11 is 0. The maximum absolute atomic E-state index is 13.0. The van der Waals surface area contributed by atoms with Gasteiger partial charge in [-0.25, -0.2) is 4.79 Å². The van der Waals surface area contributed by atoms with Crippen LogP contribution in [-0.2, 0) is 21.4 Å². The quantitative estimate of drug-likeness (QED) is 0.0560. The molecule has 1 heterocycles. The van der Waals surface area contributed by atoms with Gasteiger partial charge in [-0.1, -0.05) is 124 Å². The first-order chi connectivity index (χ1) is 19.1. The van der Waals surface area contributed by atoms with Gasteiger partial charge in [-0.15, -0.1) is 6.58 Å². The molecule has 0 saturated heterocycles. The third-order valence-electron chi connectivity index (χ3n) is 7.77. The molecule has 1 aliphatic heterocycles. The maximum atomic E-state index is 13.0. The van der Waals surface area contributed by atoms with Gasteiger partial charge in [0, 0.05) is 11.0 Å². The smallest absolute Gasteiger partial charge is 0.362 e. The molecule has 0 fully saturated rings. The normalized spacial score (nSPS) is 16.9. The van der Waals surface area contributed by atoms with Crippen LogP contribution in [0.3, 0.4) is 0 Å². The molecule has 2 aromatic rings. The van der Waals surface area contributed by atoms with Crippen molar-refractivity contribution in [1.29, 1.82) is 0 Å². The number of aryl methyl sites for hydroxylation is 1. The lowest BCUT2D eigenvalue weighted by Crippen LogP contribution is -2.41. The van der Waals surface area contributed by atoms with Gasteiger partial charge in [-0.05, 0) is 42.9 Å². The average molecular weight is 531 g/mol. The van der Waals surface area contributed by atoms with Crippen LogP contribution in [0.1, 0.15) is 99.8 Å². The number of rotatable bonds is 17. The van der Waals surface area contributed by atoms with E-state index in [4.69, 9.17) is 9.73 Å². The summed E-state index contributed by atoms with van der Waals surface area (Å²) in [5.74, 6) is -0.626. The van der Waals surface area contributed by atoms with Crippen molar-refractivity contribution in [1.82, 2.24) is 0 Å². The molecular formula is C34H46N2O3. The lowest BCUT2D eigenvalue weighted by Gasteiger charge is -2.39. The van der Waals surface area contributed by atoms with Gasteiger partial charge in [0.25, 0.3) is 0 Å². The van der Waals surface area contributed by atoms with E-state index in [1.165, 1.54) is 50.5 Å². The molecule has 5 nitrogen and oxygen atoms in total. The minimum absolute atomic E-state index is 0.124. The molecule has 3 rings (SSSR count). The third kappa shape index (κ3) is 8.39. The summed E-state index contributed by atoms with van der Waals surface area (Å²) in [6.07, 6.45) is 15.6. The van der Waals surface area contributed by atoms with Crippen LogP contribution in [0.4, 0.5) is 0 Å². The molecule has 0 aromatic heterocycles. The van der Waals surface area contributed by atoms with Crippen LogP contribution >= 0.6 is 0 Å². The number of allylic oxidation sites excluding steroid dienone is 1. The second kappa shape index (κ2) is 16.0. The molecule has 210 valence electrons. The lowest BCUT2D eigenvalue weighted by molar-refractivity contribution is -0.135. The van der Waals surface area contributed by atoms with E-state index in [0.717, 1.165) is 48.8 Å². The first kappa shape index (κ1) is 30.3. The molecular weight excluding hydrogens is 484 g/mol. The zero-order valence-corrected chi connectivity index (χ0v) is 24.0. The Morgan fingerprint density at radius 1 is 1.00 bits per heavy atom. The summed E-state index contributed by atoms with van der Waals surface area (Å²) in [6.45, 7) is 9.15. The Morgan fingerprint density at radius 3 is 2.31 bits per heavy atom. The number of fused-ring (bicyclic) bond motifs is 1. The molecule has 0 bridgehead atoms. The van der Waals surface area contributed by atoms with Crippen LogP contribution < -0.4 is 0 Å². The summed E-state index contributed by atoms with van der Waals surface area (Å²) in [7, 11) is 0. The van der Waals surface area contributed by atoms with Crippen molar-refractivity contribution in [2.75, 3.05) is 13.2 Å². The molecule has 0 aliphatic carbocycles. The summed E-state index contributed by atoms with van der Waals surface area (Å²) in [5.41, 5.74) is 4.27. The molecule has 1 unspecified atom stereocenters. The van der Waals surface area contributed by atoms with E-state index in [1.807, 2.05) is 24.3 Å². The fourth-order valence-corrected chi connectivity index (χ4v) is 5.82. The number of carbonyl (C=O) groups is 1. The van der Waals surface area contributed by atoms with Gasteiger partial charge in [-0.2, -0.15) is 0 Å². The van der Waals surface area contributed by atoms with Crippen LogP contribution in [0.15, 0.2) is 71.3 Å². The van der Waals surface area contributed by atoms with Gasteiger partial charge >= 0.3 is 5.97 Å². The van der Waals surface area contributed by atoms with E-state index in [-0.39, 0.29) is 11.1 Å². The molecule has 1 atom stereocenters. The van der Waals surface area contributed by atoms with Crippen LogP contribution in [0.5, 0.6) is 0 Å². The van der Waals surface area contributed by atoms with Gasteiger partial charge < -0.3 is 9.94 Å². The van der Waals surface area contributed by atoms with Crippen molar-refractivity contribution in [3.63, 3.8) is 0 Å². The van der Waals surface area contributed by atoms with Gasteiger partial charge in [0.1, 0.15) is 5.71 Å². The summed E-state index contributed by atoms with van der Waals surface area (Å²) < 4.78 is 5.53. The average Bonchev–Trinajstić information content (AvgIpc) is 2.94. The van der Waals surface area contributed by atoms with E-state index in [2.05, 4.69) is 55.9 Å². The van der Waals surface area contributed by atoms with Crippen LogP contribution in [0.25, 0.3) is 0 Å². The zero-order valence-electron chi connectivity index (χ0n) is 24.0. The van der Waals surface area contributed by atoms with Crippen molar-refractivity contribution in [2.45, 2.75) is 96.3 Å². The molecule has 0 amide bonds. The highest BCUT2D eigenvalue weighted by atomic mass is 16.5. The predicted molar refractivity (Wildman–Crippen MR) is 161 cm³/mol. The van der Waals surface area contributed by atoms with Crippen molar-refractivity contribution >= 4 is 17.4 Å². The Labute approximate surface area is 235 Å². The summed E-state index contributed by atoms with van der Waals surface area (Å²) in [4.78, 5) is 17.9. The third-order valence-corrected chi connectivity index (χ3v) is 7.77. The number of hydrogen-bond donors (Lipinski definition) is 1. The van der Waals surface area contributed by atoms with E-state index in [9.17, 15) is 10.0 Å². The molecule has 0 saturated carbocycles. The van der Waals surface area contributed by atoms with E-state index in [0.29, 0.717) is 18.9 Å². The molecule has 39 heavy (non-hydrogen) atoms. The number of aliphatic imine (C=N–C) groups is 1. The maximum Gasteiger partial charge on any atom is 0.362 e. The van der Waals surface area contributed by atoms with E-state index < -0.39 is 5.97 Å². The fourth-order valence-electron chi connectivity index (χ4n) is 5.82. The number of oxime groups is 1. The Hall–Kier alpha value is -3.21. The monoisotopic (exact) mass is 530 g/mol. The topological polar surface area (TPSA) is 71.2 Å². The van der Waals surface area contributed by atoms with Crippen LogP contribution in [-0.4, -0.2) is 35.8 Å². The highest BCUT2D eigenvalue weighted by molar-refractivity contribution is 6.69. The Kier molecular flexibility index (Phi) is 12.5. The van der Waals surface area contributed by atoms with Crippen molar-refractivity contribution in [3.05, 3.63) is 83.4 Å². The van der Waals surface area contributed by atoms with Gasteiger partial charge in [-0.3, -0.25) is 4.99 Å². The second-order valence-electron chi connectivity index (χ2n) is 10.9. The number of benzene rings is 2. The zero-order chi connectivity index (χ0) is 27.9. The second-order valence-corrected chi connectivity index (χ2v) is 10.9. The van der Waals surface area contributed by atoms with E-state index in [1.54, 1.807) is 0 Å². The molecule has 0 spiro atoms. The minimum Gasteiger partial charge on any atom is -0.461 e. The minimum atomic E-state index is -0.626.